The van der Waals surface area contributed by atoms with Crippen LogP contribution in [-0.4, -0.2) is 30.0 Å². The summed E-state index contributed by atoms with van der Waals surface area (Å²) in [6.07, 6.45) is 12.0. The van der Waals surface area contributed by atoms with Crippen molar-refractivity contribution >= 4 is 11.4 Å². The first-order valence-corrected chi connectivity index (χ1v) is 11.1. The number of benzene rings is 2. The molecule has 6 rings (SSSR count). The SMILES string of the molecule is Oc1ccccc1N1C=CN(c2[c-]cccc2)[CH-]1.[Ir].c1cc(-c2ccncn2)nc(-c2cnccn2)c1. The van der Waals surface area contributed by atoms with Crippen molar-refractivity contribution in [3.63, 3.8) is 0 Å². The van der Waals surface area contributed by atoms with Gasteiger partial charge in [-0.25, -0.2) is 15.0 Å². The zero-order chi connectivity index (χ0) is 24.6. The molecule has 0 atom stereocenters. The molecule has 0 fully saturated rings. The number of phenolic OH excluding ortho intramolecular Hbond substituents is 1. The Balaban J connectivity index is 0.000000168. The van der Waals surface area contributed by atoms with E-state index in [2.05, 4.69) is 31.0 Å². The number of aromatic hydroxyl groups is 1. The molecular formula is C28H21IrN7O-2. The number of para-hydroxylation sites is 3. The van der Waals surface area contributed by atoms with Crippen LogP contribution in [0.3, 0.4) is 0 Å². The van der Waals surface area contributed by atoms with Crippen LogP contribution in [0.4, 0.5) is 11.4 Å². The van der Waals surface area contributed by atoms with Crippen LogP contribution in [0.25, 0.3) is 22.8 Å². The number of rotatable bonds is 4. The zero-order valence-corrected chi connectivity index (χ0v) is 21.9. The topological polar surface area (TPSA) is 91.2 Å². The van der Waals surface area contributed by atoms with Gasteiger partial charge in [0.05, 0.1) is 29.0 Å². The van der Waals surface area contributed by atoms with E-state index in [0.717, 1.165) is 34.2 Å². The first-order valence-electron chi connectivity index (χ1n) is 11.1. The maximum absolute atomic E-state index is 9.81. The Kier molecular flexibility index (Phi) is 8.65. The Bertz CT molecular complexity index is 1380. The number of hydrogen-bond acceptors (Lipinski definition) is 8. The van der Waals surface area contributed by atoms with Crippen molar-refractivity contribution in [3.8, 4) is 28.5 Å². The molecule has 0 amide bonds. The Morgan fingerprint density at radius 1 is 0.703 bits per heavy atom. The summed E-state index contributed by atoms with van der Waals surface area (Å²) in [4.78, 5) is 24.7. The van der Waals surface area contributed by atoms with Crippen molar-refractivity contribution in [1.29, 1.82) is 0 Å². The monoisotopic (exact) mass is 664 g/mol. The molecule has 0 unspecified atom stereocenters. The largest absolute Gasteiger partial charge is 0.506 e. The van der Waals surface area contributed by atoms with Crippen molar-refractivity contribution in [2.45, 2.75) is 0 Å². The number of phenols is 1. The molecule has 9 heteroatoms. The first-order chi connectivity index (χ1) is 17.8. The van der Waals surface area contributed by atoms with Crippen LogP contribution in [0.1, 0.15) is 0 Å². The molecule has 2 aromatic carbocycles. The molecule has 1 radical (unpaired) electrons. The summed E-state index contributed by atoms with van der Waals surface area (Å²) in [7, 11) is 0. The number of hydrogen-bond donors (Lipinski definition) is 1. The summed E-state index contributed by atoms with van der Waals surface area (Å²) in [5.41, 5.74) is 4.82. The van der Waals surface area contributed by atoms with E-state index in [1.807, 2.05) is 89.5 Å². The van der Waals surface area contributed by atoms with Crippen molar-refractivity contribution < 1.29 is 25.2 Å². The van der Waals surface area contributed by atoms with Gasteiger partial charge in [-0.2, -0.15) is 30.3 Å². The fraction of sp³-hybridized carbons (Fsp3) is 0. The van der Waals surface area contributed by atoms with Gasteiger partial charge < -0.3 is 14.9 Å². The number of pyridine rings is 1. The van der Waals surface area contributed by atoms with Crippen molar-refractivity contribution in [2.75, 3.05) is 9.80 Å². The van der Waals surface area contributed by atoms with Crippen LogP contribution >= 0.6 is 0 Å². The maximum Gasteiger partial charge on any atom is 0.136 e. The Morgan fingerprint density at radius 2 is 1.51 bits per heavy atom. The third-order valence-corrected chi connectivity index (χ3v) is 5.19. The molecule has 3 aromatic heterocycles. The Morgan fingerprint density at radius 3 is 2.24 bits per heavy atom. The van der Waals surface area contributed by atoms with E-state index in [0.29, 0.717) is 0 Å². The van der Waals surface area contributed by atoms with Crippen molar-refractivity contribution in [2.24, 2.45) is 0 Å². The minimum atomic E-state index is 0. The molecule has 4 heterocycles. The quantitative estimate of drug-likeness (QED) is 0.266. The third-order valence-electron chi connectivity index (χ3n) is 5.19. The number of anilines is 2. The van der Waals surface area contributed by atoms with Gasteiger partial charge in [-0.05, 0) is 42.7 Å². The molecule has 1 aliphatic rings. The predicted molar refractivity (Wildman–Crippen MR) is 138 cm³/mol. The standard InChI is InChI=1S/C15H12N2O.C13H9N5.Ir/c18-15-9-5-4-8-14(15)17-11-10-16(12-17)13-6-2-1-3-7-13;1-2-11(10-4-5-15-9-17-10)18-12(3-1)13-8-14-6-7-16-13;/h1-6,8-12,18H;1-9H;/q-2;;. The van der Waals surface area contributed by atoms with E-state index < -0.39 is 0 Å². The maximum atomic E-state index is 9.81. The van der Waals surface area contributed by atoms with E-state index in [1.54, 1.807) is 36.9 Å². The Labute approximate surface area is 228 Å². The summed E-state index contributed by atoms with van der Waals surface area (Å²) < 4.78 is 0. The van der Waals surface area contributed by atoms with Gasteiger partial charge in [-0.1, -0.05) is 18.2 Å². The minimum absolute atomic E-state index is 0. The van der Waals surface area contributed by atoms with E-state index in [4.69, 9.17) is 0 Å². The van der Waals surface area contributed by atoms with Crippen molar-refractivity contribution in [3.05, 3.63) is 129 Å². The zero-order valence-electron chi connectivity index (χ0n) is 19.5. The minimum Gasteiger partial charge on any atom is -0.506 e. The fourth-order valence-corrected chi connectivity index (χ4v) is 3.46. The molecule has 37 heavy (non-hydrogen) atoms. The van der Waals surface area contributed by atoms with Crippen LogP contribution in [-0.2, 0) is 20.1 Å². The molecule has 0 bridgehead atoms. The van der Waals surface area contributed by atoms with Gasteiger partial charge in [0.2, 0.25) is 0 Å². The van der Waals surface area contributed by atoms with Gasteiger partial charge in [0.25, 0.3) is 0 Å². The molecule has 8 nitrogen and oxygen atoms in total. The van der Waals surface area contributed by atoms with Gasteiger partial charge in [0, 0.05) is 38.7 Å². The average Bonchev–Trinajstić information content (AvgIpc) is 3.45. The van der Waals surface area contributed by atoms with Crippen LogP contribution in [0, 0.1) is 12.7 Å². The van der Waals surface area contributed by atoms with Gasteiger partial charge in [-0.15, -0.1) is 12.4 Å². The molecule has 0 aliphatic carbocycles. The van der Waals surface area contributed by atoms with Crippen LogP contribution in [0.2, 0.25) is 0 Å². The summed E-state index contributed by atoms with van der Waals surface area (Å²) in [5.74, 6) is 0.261. The van der Waals surface area contributed by atoms with Crippen LogP contribution in [0.5, 0.6) is 5.75 Å². The molecule has 1 aliphatic heterocycles. The summed E-state index contributed by atoms with van der Waals surface area (Å²) in [5, 5.41) is 9.81. The molecular weight excluding hydrogens is 643 g/mol. The summed E-state index contributed by atoms with van der Waals surface area (Å²) in [6, 6.07) is 25.7. The van der Waals surface area contributed by atoms with E-state index in [-0.39, 0.29) is 25.9 Å². The smallest absolute Gasteiger partial charge is 0.136 e. The van der Waals surface area contributed by atoms with E-state index in [1.165, 1.54) is 6.33 Å². The molecule has 1 N–H and O–H groups in total. The Hall–Kier alpha value is -4.46. The third kappa shape index (κ3) is 6.41. The first kappa shape index (κ1) is 25.6. The molecule has 5 aromatic rings. The normalized spacial score (nSPS) is 11.9. The van der Waals surface area contributed by atoms with Crippen LogP contribution in [0.15, 0.2) is 116 Å². The average molecular weight is 664 g/mol. The predicted octanol–water partition coefficient (Wildman–Crippen LogP) is 5.10. The van der Waals surface area contributed by atoms with Crippen molar-refractivity contribution in [1.82, 2.24) is 24.9 Å². The summed E-state index contributed by atoms with van der Waals surface area (Å²) >= 11 is 0. The van der Waals surface area contributed by atoms with Crippen LogP contribution < -0.4 is 9.80 Å². The van der Waals surface area contributed by atoms with E-state index >= 15 is 0 Å². The molecule has 0 saturated carbocycles. The van der Waals surface area contributed by atoms with Gasteiger partial charge in [-0.3, -0.25) is 9.97 Å². The second-order valence-corrected chi connectivity index (χ2v) is 7.56. The number of nitrogens with zero attached hydrogens (tertiary/aromatic N) is 7. The van der Waals surface area contributed by atoms with Gasteiger partial charge in [0.15, 0.2) is 0 Å². The summed E-state index contributed by atoms with van der Waals surface area (Å²) in [6.45, 7) is 1.90. The second kappa shape index (κ2) is 12.5. The van der Waals surface area contributed by atoms with Gasteiger partial charge in [0.1, 0.15) is 17.8 Å². The van der Waals surface area contributed by atoms with E-state index in [9.17, 15) is 5.11 Å². The molecule has 0 saturated heterocycles. The van der Waals surface area contributed by atoms with Gasteiger partial charge >= 0.3 is 0 Å². The molecule has 185 valence electrons. The fourth-order valence-electron chi connectivity index (χ4n) is 3.46. The second-order valence-electron chi connectivity index (χ2n) is 7.56. The molecule has 0 spiro atoms. The number of aromatic nitrogens is 5.